The van der Waals surface area contributed by atoms with E-state index in [1.807, 2.05) is 30.3 Å². The Bertz CT molecular complexity index is 973. The van der Waals surface area contributed by atoms with Crippen molar-refractivity contribution in [1.29, 1.82) is 0 Å². The Morgan fingerprint density at radius 3 is 2.36 bits per heavy atom. The third kappa shape index (κ3) is 5.26. The van der Waals surface area contributed by atoms with Crippen LogP contribution in [0, 0.1) is 17.8 Å². The van der Waals surface area contributed by atoms with E-state index in [2.05, 4.69) is 42.3 Å². The molecule has 0 spiro atoms. The van der Waals surface area contributed by atoms with Gasteiger partial charge in [0.15, 0.2) is 5.60 Å². The molecule has 3 saturated carbocycles. The zero-order valence-electron chi connectivity index (χ0n) is 21.9. The number of aliphatic hydroxyl groups is 1. The monoisotopic (exact) mass is 489 g/mol. The Balaban J connectivity index is 1.21. The number of carbonyl (C=O) groups is 1. The van der Waals surface area contributed by atoms with Gasteiger partial charge in [0.25, 0.3) is 0 Å². The highest BCUT2D eigenvalue weighted by atomic mass is 16.6. The maximum absolute atomic E-state index is 13.8. The zero-order valence-corrected chi connectivity index (χ0v) is 21.9. The molecule has 4 heteroatoms. The number of ether oxygens (including phenoxy) is 1. The molecule has 3 aliphatic rings. The van der Waals surface area contributed by atoms with Crippen molar-refractivity contribution in [2.45, 2.75) is 88.4 Å². The number of carbonyl (C=O) groups excluding carboxylic acids is 1. The molecule has 0 amide bonds. The average Bonchev–Trinajstić information content (AvgIpc) is 3.48. The first-order chi connectivity index (χ1) is 17.6. The first-order valence-corrected chi connectivity index (χ1v) is 14.3. The van der Waals surface area contributed by atoms with E-state index in [1.54, 1.807) is 0 Å². The van der Waals surface area contributed by atoms with Crippen LogP contribution in [-0.4, -0.2) is 41.7 Å². The third-order valence-corrected chi connectivity index (χ3v) is 9.40. The minimum atomic E-state index is -1.54. The number of fused-ring (bicyclic) bond motifs is 2. The van der Waals surface area contributed by atoms with Crippen LogP contribution in [0.25, 0.3) is 0 Å². The summed E-state index contributed by atoms with van der Waals surface area (Å²) < 4.78 is 6.32. The zero-order chi connectivity index (χ0) is 25.0. The van der Waals surface area contributed by atoms with Crippen molar-refractivity contribution in [3.8, 4) is 0 Å². The third-order valence-electron chi connectivity index (χ3n) is 9.40. The van der Waals surface area contributed by atoms with Gasteiger partial charge in [-0.3, -0.25) is 0 Å². The van der Waals surface area contributed by atoms with Crippen molar-refractivity contribution in [3.63, 3.8) is 0 Å². The first kappa shape index (κ1) is 25.5. The molecule has 36 heavy (non-hydrogen) atoms. The van der Waals surface area contributed by atoms with E-state index in [-0.39, 0.29) is 12.0 Å². The maximum Gasteiger partial charge on any atom is 0.343 e. The lowest BCUT2D eigenvalue weighted by Crippen LogP contribution is -2.47. The normalized spacial score (nSPS) is 27.8. The lowest BCUT2D eigenvalue weighted by atomic mass is 9.73. The predicted octanol–water partition coefficient (Wildman–Crippen LogP) is 6.12. The van der Waals surface area contributed by atoms with Gasteiger partial charge in [0, 0.05) is 17.9 Å². The molecule has 3 aliphatic carbocycles. The molecule has 0 aliphatic heterocycles. The summed E-state index contributed by atoms with van der Waals surface area (Å²) in [4.78, 5) is 16.3. The molecule has 4 unspecified atom stereocenters. The lowest BCUT2D eigenvalue weighted by Gasteiger charge is -2.38. The topological polar surface area (TPSA) is 49.8 Å². The highest BCUT2D eigenvalue weighted by Crippen LogP contribution is 2.50. The molecule has 5 atom stereocenters. The Kier molecular flexibility index (Phi) is 8.12. The highest BCUT2D eigenvalue weighted by Gasteiger charge is 2.54. The maximum atomic E-state index is 13.8. The number of hydrogen-bond acceptors (Lipinski definition) is 4. The first-order valence-electron chi connectivity index (χ1n) is 14.3. The van der Waals surface area contributed by atoms with Crippen molar-refractivity contribution >= 4 is 5.97 Å². The van der Waals surface area contributed by atoms with E-state index >= 15 is 0 Å². The van der Waals surface area contributed by atoms with Crippen LogP contribution in [0.1, 0.15) is 75.3 Å². The van der Waals surface area contributed by atoms with Crippen LogP contribution >= 0.6 is 0 Å². The number of esters is 1. The standard InChI is InChI=1S/C32H43NO3/c1-33(22-12-11-15-24-13-5-2-6-14-24)29-23-25-20-21-28(29)30(25)36-31(34)32(35,26-16-7-3-8-17-26)27-18-9-4-10-19-27/h2-3,5-8,13-14,16-17,25,27-30,35H,4,9-12,15,18-23H2,1H3/t25?,28?,29-,30?,32?/m0/s1. The smallest absolute Gasteiger partial charge is 0.343 e. The molecule has 2 bridgehead atoms. The summed E-state index contributed by atoms with van der Waals surface area (Å²) in [5, 5.41) is 12.0. The minimum Gasteiger partial charge on any atom is -0.459 e. The summed E-state index contributed by atoms with van der Waals surface area (Å²) in [7, 11) is 2.25. The summed E-state index contributed by atoms with van der Waals surface area (Å²) in [6, 6.07) is 20.8. The molecule has 0 heterocycles. The second kappa shape index (κ2) is 11.5. The van der Waals surface area contributed by atoms with Crippen molar-refractivity contribution < 1.29 is 14.6 Å². The van der Waals surface area contributed by atoms with Crippen LogP contribution < -0.4 is 0 Å². The molecule has 1 N–H and O–H groups in total. The Morgan fingerprint density at radius 1 is 0.944 bits per heavy atom. The van der Waals surface area contributed by atoms with Crippen LogP contribution in [0.15, 0.2) is 60.7 Å². The fraction of sp³-hybridized carbons (Fsp3) is 0.594. The molecular formula is C32H43NO3. The quantitative estimate of drug-likeness (QED) is 0.323. The van der Waals surface area contributed by atoms with Gasteiger partial charge in [-0.2, -0.15) is 0 Å². The van der Waals surface area contributed by atoms with E-state index in [0.29, 0.717) is 23.4 Å². The molecule has 0 aromatic heterocycles. The van der Waals surface area contributed by atoms with Gasteiger partial charge in [-0.15, -0.1) is 0 Å². The summed E-state index contributed by atoms with van der Waals surface area (Å²) in [6.45, 7) is 1.08. The van der Waals surface area contributed by atoms with Crippen LogP contribution in [0.2, 0.25) is 0 Å². The van der Waals surface area contributed by atoms with E-state index in [0.717, 1.165) is 57.9 Å². The number of rotatable bonds is 10. The lowest BCUT2D eigenvalue weighted by molar-refractivity contribution is -0.183. The second-order valence-corrected chi connectivity index (χ2v) is 11.6. The molecular weight excluding hydrogens is 446 g/mol. The SMILES string of the molecule is CN(CCCCc1ccccc1)[C@H]1CC2CCC1C2OC(=O)C(O)(c1ccccc1)C1CCCCC1. The molecule has 0 saturated heterocycles. The highest BCUT2D eigenvalue weighted by molar-refractivity contribution is 5.82. The minimum absolute atomic E-state index is 0.0619. The van der Waals surface area contributed by atoms with Crippen LogP contribution in [0.4, 0.5) is 0 Å². The summed E-state index contributed by atoms with van der Waals surface area (Å²) in [5.41, 5.74) is 0.568. The van der Waals surface area contributed by atoms with E-state index in [1.165, 1.54) is 24.8 Å². The fourth-order valence-electron chi connectivity index (χ4n) is 7.37. The second-order valence-electron chi connectivity index (χ2n) is 11.6. The van der Waals surface area contributed by atoms with E-state index in [9.17, 15) is 9.90 Å². The van der Waals surface area contributed by atoms with E-state index in [4.69, 9.17) is 4.74 Å². The Hall–Kier alpha value is -2.17. The van der Waals surface area contributed by atoms with Gasteiger partial charge in [0.05, 0.1) is 0 Å². The van der Waals surface area contributed by atoms with Crippen LogP contribution in [0.5, 0.6) is 0 Å². The van der Waals surface area contributed by atoms with Gasteiger partial charge in [-0.05, 0) is 82.0 Å². The molecule has 2 aromatic rings. The summed E-state index contributed by atoms with van der Waals surface area (Å²) >= 11 is 0. The molecule has 194 valence electrons. The summed E-state index contributed by atoms with van der Waals surface area (Å²) in [6.07, 6.45) is 11.9. The van der Waals surface area contributed by atoms with Crippen molar-refractivity contribution in [2.24, 2.45) is 17.8 Å². The number of aryl methyl sites for hydroxylation is 1. The predicted molar refractivity (Wildman–Crippen MR) is 143 cm³/mol. The van der Waals surface area contributed by atoms with Gasteiger partial charge in [0.1, 0.15) is 6.10 Å². The van der Waals surface area contributed by atoms with Crippen molar-refractivity contribution in [3.05, 3.63) is 71.8 Å². The molecule has 5 rings (SSSR count). The number of hydrogen-bond donors (Lipinski definition) is 1. The fourth-order valence-corrected chi connectivity index (χ4v) is 7.37. The van der Waals surface area contributed by atoms with Gasteiger partial charge in [-0.25, -0.2) is 4.79 Å². The Morgan fingerprint density at radius 2 is 1.64 bits per heavy atom. The molecule has 4 nitrogen and oxygen atoms in total. The largest absolute Gasteiger partial charge is 0.459 e. The van der Waals surface area contributed by atoms with Crippen LogP contribution in [-0.2, 0) is 21.6 Å². The molecule has 3 fully saturated rings. The average molecular weight is 490 g/mol. The molecule has 2 aromatic carbocycles. The number of benzene rings is 2. The van der Waals surface area contributed by atoms with Crippen molar-refractivity contribution in [1.82, 2.24) is 4.90 Å². The molecule has 0 radical (unpaired) electrons. The van der Waals surface area contributed by atoms with Gasteiger partial charge in [0.2, 0.25) is 0 Å². The van der Waals surface area contributed by atoms with Crippen molar-refractivity contribution in [2.75, 3.05) is 13.6 Å². The van der Waals surface area contributed by atoms with Gasteiger partial charge >= 0.3 is 5.97 Å². The Labute approximate surface area is 217 Å². The van der Waals surface area contributed by atoms with Gasteiger partial charge in [-0.1, -0.05) is 79.9 Å². The summed E-state index contributed by atoms with van der Waals surface area (Å²) in [5.74, 6) is 0.323. The number of nitrogens with zero attached hydrogens (tertiary/aromatic N) is 1. The van der Waals surface area contributed by atoms with E-state index < -0.39 is 11.6 Å². The van der Waals surface area contributed by atoms with Crippen LogP contribution in [0.3, 0.4) is 0 Å². The number of unbranched alkanes of at least 4 members (excludes halogenated alkanes) is 1. The van der Waals surface area contributed by atoms with Gasteiger partial charge < -0.3 is 14.7 Å².